The van der Waals surface area contributed by atoms with Crippen LogP contribution in [0.25, 0.3) is 0 Å². The fourth-order valence-corrected chi connectivity index (χ4v) is 2.83. The van der Waals surface area contributed by atoms with Crippen molar-refractivity contribution in [1.29, 1.82) is 0 Å². The first kappa shape index (κ1) is 14.7. The predicted molar refractivity (Wildman–Crippen MR) is 75.8 cm³/mol. The maximum absolute atomic E-state index is 5.41. The van der Waals surface area contributed by atoms with Gasteiger partial charge in [-0.25, -0.2) is 0 Å². The van der Waals surface area contributed by atoms with Crippen molar-refractivity contribution in [3.05, 3.63) is 21.9 Å². The van der Waals surface area contributed by atoms with Crippen LogP contribution in [0.15, 0.2) is 12.1 Å². The standard InChI is InChI=1S/C14H25NOS/c1-4-10-15-13(7-6-11-16-5-2)14-9-8-12(3)17-14/h8-9,13,15H,4-7,10-11H2,1-3H3. The Bertz CT molecular complexity index is 298. The van der Waals surface area contributed by atoms with Gasteiger partial charge in [0.1, 0.15) is 0 Å². The lowest BCUT2D eigenvalue weighted by molar-refractivity contribution is 0.141. The summed E-state index contributed by atoms with van der Waals surface area (Å²) in [6, 6.07) is 4.98. The van der Waals surface area contributed by atoms with E-state index in [1.807, 2.05) is 11.3 Å². The molecule has 1 aromatic rings. The summed E-state index contributed by atoms with van der Waals surface area (Å²) in [6.45, 7) is 9.23. The van der Waals surface area contributed by atoms with E-state index >= 15 is 0 Å². The van der Waals surface area contributed by atoms with Gasteiger partial charge in [0, 0.05) is 29.0 Å². The molecular formula is C14H25NOS. The predicted octanol–water partition coefficient (Wildman–Crippen LogP) is 3.91. The molecule has 1 heterocycles. The van der Waals surface area contributed by atoms with Gasteiger partial charge in [-0.3, -0.25) is 0 Å². The highest BCUT2D eigenvalue weighted by Gasteiger charge is 2.11. The Labute approximate surface area is 109 Å². The summed E-state index contributed by atoms with van der Waals surface area (Å²) >= 11 is 1.91. The highest BCUT2D eigenvalue weighted by Crippen LogP contribution is 2.26. The van der Waals surface area contributed by atoms with Crippen LogP contribution in [-0.4, -0.2) is 19.8 Å². The zero-order valence-electron chi connectivity index (χ0n) is 11.3. The van der Waals surface area contributed by atoms with E-state index in [1.165, 1.54) is 22.6 Å². The molecular weight excluding hydrogens is 230 g/mol. The van der Waals surface area contributed by atoms with Gasteiger partial charge in [0.15, 0.2) is 0 Å². The molecule has 0 bridgehead atoms. The summed E-state index contributed by atoms with van der Waals surface area (Å²) < 4.78 is 5.41. The van der Waals surface area contributed by atoms with Crippen molar-refractivity contribution in [3.63, 3.8) is 0 Å². The highest BCUT2D eigenvalue weighted by molar-refractivity contribution is 7.12. The van der Waals surface area contributed by atoms with Crippen molar-refractivity contribution < 1.29 is 4.74 Å². The molecule has 0 fully saturated rings. The Hall–Kier alpha value is -0.380. The molecule has 0 aliphatic rings. The van der Waals surface area contributed by atoms with E-state index in [0.29, 0.717) is 6.04 Å². The summed E-state index contributed by atoms with van der Waals surface area (Å²) in [5.41, 5.74) is 0. The number of nitrogens with one attached hydrogen (secondary N) is 1. The fraction of sp³-hybridized carbons (Fsp3) is 0.714. The number of aryl methyl sites for hydroxylation is 1. The number of ether oxygens (including phenoxy) is 1. The van der Waals surface area contributed by atoms with E-state index < -0.39 is 0 Å². The molecule has 3 heteroatoms. The summed E-state index contributed by atoms with van der Waals surface area (Å²) in [5, 5.41) is 3.63. The SMILES string of the molecule is CCCNC(CCCOCC)c1ccc(C)s1. The molecule has 1 unspecified atom stereocenters. The van der Waals surface area contributed by atoms with E-state index in [-0.39, 0.29) is 0 Å². The topological polar surface area (TPSA) is 21.3 Å². The fourth-order valence-electron chi connectivity index (χ4n) is 1.84. The van der Waals surface area contributed by atoms with E-state index in [1.54, 1.807) is 0 Å². The molecule has 0 saturated heterocycles. The van der Waals surface area contributed by atoms with Gasteiger partial charge in [0.2, 0.25) is 0 Å². The maximum atomic E-state index is 5.41. The van der Waals surface area contributed by atoms with Gasteiger partial charge in [0.05, 0.1) is 0 Å². The number of hydrogen-bond acceptors (Lipinski definition) is 3. The maximum Gasteiger partial charge on any atom is 0.0466 e. The lowest BCUT2D eigenvalue weighted by Gasteiger charge is -2.17. The molecule has 0 aromatic carbocycles. The quantitative estimate of drug-likeness (QED) is 0.675. The molecule has 1 aromatic heterocycles. The number of thiophene rings is 1. The molecule has 1 atom stereocenters. The molecule has 0 aliphatic heterocycles. The first-order valence-corrected chi connectivity index (χ1v) is 7.47. The van der Waals surface area contributed by atoms with Crippen molar-refractivity contribution in [2.24, 2.45) is 0 Å². The van der Waals surface area contributed by atoms with Gasteiger partial charge in [-0.15, -0.1) is 11.3 Å². The minimum Gasteiger partial charge on any atom is -0.382 e. The van der Waals surface area contributed by atoms with Gasteiger partial charge in [-0.1, -0.05) is 6.92 Å². The number of hydrogen-bond donors (Lipinski definition) is 1. The second-order valence-electron chi connectivity index (χ2n) is 4.29. The van der Waals surface area contributed by atoms with E-state index in [4.69, 9.17) is 4.74 Å². The van der Waals surface area contributed by atoms with Gasteiger partial charge >= 0.3 is 0 Å². The van der Waals surface area contributed by atoms with Crippen LogP contribution in [0.2, 0.25) is 0 Å². The van der Waals surface area contributed by atoms with Crippen LogP contribution in [0.4, 0.5) is 0 Å². The van der Waals surface area contributed by atoms with Crippen LogP contribution in [0.3, 0.4) is 0 Å². The van der Waals surface area contributed by atoms with E-state index in [2.05, 4.69) is 38.2 Å². The molecule has 17 heavy (non-hydrogen) atoms. The molecule has 0 spiro atoms. The number of rotatable bonds is 9. The van der Waals surface area contributed by atoms with Crippen molar-refractivity contribution >= 4 is 11.3 Å². The summed E-state index contributed by atoms with van der Waals surface area (Å²) in [6.07, 6.45) is 3.48. The smallest absolute Gasteiger partial charge is 0.0466 e. The Morgan fingerprint density at radius 3 is 2.76 bits per heavy atom. The van der Waals surface area contributed by atoms with Crippen LogP contribution in [-0.2, 0) is 4.74 Å². The van der Waals surface area contributed by atoms with Crippen molar-refractivity contribution in [1.82, 2.24) is 5.32 Å². The molecule has 1 rings (SSSR count). The normalized spacial score (nSPS) is 12.9. The molecule has 2 nitrogen and oxygen atoms in total. The van der Waals surface area contributed by atoms with Crippen LogP contribution in [0.5, 0.6) is 0 Å². The zero-order valence-corrected chi connectivity index (χ0v) is 12.1. The zero-order chi connectivity index (χ0) is 12.5. The minimum absolute atomic E-state index is 0.508. The Morgan fingerprint density at radius 2 is 2.18 bits per heavy atom. The van der Waals surface area contributed by atoms with Gasteiger partial charge < -0.3 is 10.1 Å². The average Bonchev–Trinajstić information content (AvgIpc) is 2.75. The molecule has 0 saturated carbocycles. The summed E-state index contributed by atoms with van der Waals surface area (Å²) in [5.74, 6) is 0. The first-order chi connectivity index (χ1) is 8.27. The molecule has 98 valence electrons. The molecule has 1 N–H and O–H groups in total. The Morgan fingerprint density at radius 1 is 1.35 bits per heavy atom. The second kappa shape index (κ2) is 8.67. The van der Waals surface area contributed by atoms with Crippen molar-refractivity contribution in [2.45, 2.75) is 46.1 Å². The monoisotopic (exact) mass is 255 g/mol. The van der Waals surface area contributed by atoms with Gasteiger partial charge in [-0.2, -0.15) is 0 Å². The third-order valence-corrected chi connectivity index (χ3v) is 3.85. The van der Waals surface area contributed by atoms with Crippen molar-refractivity contribution in [2.75, 3.05) is 19.8 Å². The minimum atomic E-state index is 0.508. The second-order valence-corrected chi connectivity index (χ2v) is 5.61. The van der Waals surface area contributed by atoms with Gasteiger partial charge in [0.25, 0.3) is 0 Å². The summed E-state index contributed by atoms with van der Waals surface area (Å²) in [7, 11) is 0. The third kappa shape index (κ3) is 5.66. The highest BCUT2D eigenvalue weighted by atomic mass is 32.1. The third-order valence-electron chi connectivity index (χ3n) is 2.73. The lowest BCUT2D eigenvalue weighted by Crippen LogP contribution is -2.21. The Kier molecular flexibility index (Phi) is 7.49. The lowest BCUT2D eigenvalue weighted by atomic mass is 10.1. The van der Waals surface area contributed by atoms with Crippen molar-refractivity contribution in [3.8, 4) is 0 Å². The van der Waals surface area contributed by atoms with Crippen LogP contribution in [0.1, 0.15) is 48.9 Å². The van der Waals surface area contributed by atoms with Crippen LogP contribution < -0.4 is 5.32 Å². The average molecular weight is 255 g/mol. The Balaban J connectivity index is 2.42. The first-order valence-electron chi connectivity index (χ1n) is 6.65. The van der Waals surface area contributed by atoms with E-state index in [0.717, 1.165) is 26.2 Å². The van der Waals surface area contributed by atoms with Crippen LogP contribution in [0, 0.1) is 6.92 Å². The largest absolute Gasteiger partial charge is 0.382 e. The van der Waals surface area contributed by atoms with E-state index in [9.17, 15) is 0 Å². The molecule has 0 radical (unpaired) electrons. The molecule has 0 aliphatic carbocycles. The van der Waals surface area contributed by atoms with Crippen LogP contribution >= 0.6 is 11.3 Å². The summed E-state index contributed by atoms with van der Waals surface area (Å²) in [4.78, 5) is 2.86. The molecule has 0 amide bonds. The van der Waals surface area contributed by atoms with Gasteiger partial charge in [-0.05, 0) is 51.8 Å².